The maximum atomic E-state index is 14.4. The Morgan fingerprint density at radius 3 is 1.58 bits per heavy atom. The summed E-state index contributed by atoms with van der Waals surface area (Å²) in [4.78, 5) is 16.6. The van der Waals surface area contributed by atoms with Crippen molar-refractivity contribution in [3.8, 4) is 33.8 Å². The molecule has 1 N–H and O–H groups in total. The highest BCUT2D eigenvalue weighted by Crippen LogP contribution is 2.33. The molecule has 6 rings (SSSR count). The van der Waals surface area contributed by atoms with Crippen LogP contribution in [0.2, 0.25) is 0 Å². The molecule has 4 aromatic rings. The van der Waals surface area contributed by atoms with Crippen LogP contribution < -0.4 is 9.47 Å². The van der Waals surface area contributed by atoms with Gasteiger partial charge in [0.05, 0.1) is 33.5 Å². The number of ether oxygens (including phenoxy) is 3. The van der Waals surface area contributed by atoms with E-state index in [0.717, 1.165) is 60.5 Å². The van der Waals surface area contributed by atoms with Gasteiger partial charge in [0, 0.05) is 24.2 Å². The summed E-state index contributed by atoms with van der Waals surface area (Å²) < 4.78 is 44.1. The van der Waals surface area contributed by atoms with Crippen molar-refractivity contribution in [3.63, 3.8) is 0 Å². The minimum absolute atomic E-state index is 0.00608. The molecule has 2 aliphatic heterocycles. The van der Waals surface area contributed by atoms with Crippen LogP contribution in [-0.4, -0.2) is 68.4 Å². The van der Waals surface area contributed by atoms with Crippen LogP contribution in [-0.2, 0) is 24.4 Å². The fourth-order valence-electron chi connectivity index (χ4n) is 6.41. The Hall–Kier alpha value is -4.31. The molecular formula is C39H44F2N2O5. The van der Waals surface area contributed by atoms with E-state index in [9.17, 15) is 18.7 Å². The Kier molecular flexibility index (Phi) is 12.2. The third kappa shape index (κ3) is 8.58. The van der Waals surface area contributed by atoms with Crippen LogP contribution in [0.4, 0.5) is 8.78 Å². The van der Waals surface area contributed by atoms with E-state index in [0.29, 0.717) is 34.7 Å². The second-order valence-electron chi connectivity index (χ2n) is 12.2. The smallest absolute Gasteiger partial charge is 0.337 e. The van der Waals surface area contributed by atoms with Gasteiger partial charge >= 0.3 is 5.97 Å². The van der Waals surface area contributed by atoms with Gasteiger partial charge in [0.2, 0.25) is 0 Å². The molecule has 2 aliphatic rings. The van der Waals surface area contributed by atoms with Crippen molar-refractivity contribution in [3.05, 3.63) is 107 Å². The van der Waals surface area contributed by atoms with Gasteiger partial charge in [0.25, 0.3) is 0 Å². The van der Waals surface area contributed by atoms with Crippen molar-refractivity contribution in [2.24, 2.45) is 0 Å². The molecule has 9 heteroatoms. The SMILES string of the molecule is COC(=O)c1ccc(-c2cc(OC)ccc2F)c(CN2CCCC2)c1.COc1ccc(F)c(-c2ccc(CO)cc2CN2CCCC2)c1. The van der Waals surface area contributed by atoms with Crippen molar-refractivity contribution in [2.45, 2.75) is 45.4 Å². The van der Waals surface area contributed by atoms with Crippen LogP contribution in [0.25, 0.3) is 22.3 Å². The van der Waals surface area contributed by atoms with Crippen LogP contribution >= 0.6 is 0 Å². The zero-order valence-electron chi connectivity index (χ0n) is 27.9. The van der Waals surface area contributed by atoms with Gasteiger partial charge in [0.15, 0.2) is 0 Å². The molecule has 0 radical (unpaired) electrons. The molecule has 48 heavy (non-hydrogen) atoms. The van der Waals surface area contributed by atoms with Crippen LogP contribution in [0.5, 0.6) is 11.5 Å². The Labute approximate surface area is 281 Å². The molecule has 2 fully saturated rings. The summed E-state index contributed by atoms with van der Waals surface area (Å²) in [7, 11) is 4.50. The fraction of sp³-hybridized carbons (Fsp3) is 0.359. The Bertz CT molecular complexity index is 1700. The number of hydrogen-bond donors (Lipinski definition) is 1. The number of aliphatic hydroxyl groups excluding tert-OH is 1. The van der Waals surface area contributed by atoms with Gasteiger partial charge in [-0.3, -0.25) is 9.80 Å². The van der Waals surface area contributed by atoms with E-state index in [1.807, 2.05) is 18.2 Å². The number of hydrogen-bond acceptors (Lipinski definition) is 7. The van der Waals surface area contributed by atoms with Gasteiger partial charge in [-0.2, -0.15) is 0 Å². The minimum Gasteiger partial charge on any atom is -0.497 e. The molecule has 4 aromatic carbocycles. The number of carbonyl (C=O) groups excluding carboxylic acids is 1. The third-order valence-corrected chi connectivity index (χ3v) is 8.99. The lowest BCUT2D eigenvalue weighted by Crippen LogP contribution is -2.19. The van der Waals surface area contributed by atoms with Gasteiger partial charge in [-0.25, -0.2) is 13.6 Å². The standard InChI is InChI=1S/C20H22FNO3.C19H22FNO2/c1-24-16-6-8-19(21)18(12-16)17-7-5-14(20(23)25-2)11-15(17)13-22-9-3-4-10-22;1-23-16-5-7-19(20)18(11-16)17-6-4-14(13-22)10-15(17)12-21-8-2-3-9-21/h5-8,11-12H,3-4,9-10,13H2,1-2H3;4-7,10-11,22H,2-3,8-9,12-13H2,1H3. The van der Waals surface area contributed by atoms with E-state index in [2.05, 4.69) is 9.80 Å². The first-order valence-corrected chi connectivity index (χ1v) is 16.4. The van der Waals surface area contributed by atoms with Crippen molar-refractivity contribution in [1.29, 1.82) is 0 Å². The predicted octanol–water partition coefficient (Wildman–Crippen LogP) is 7.47. The molecule has 2 heterocycles. The average Bonchev–Trinajstić information content (AvgIpc) is 3.84. The topological polar surface area (TPSA) is 71.5 Å². The molecule has 7 nitrogen and oxygen atoms in total. The van der Waals surface area contributed by atoms with Crippen molar-refractivity contribution >= 4 is 5.97 Å². The van der Waals surface area contributed by atoms with Gasteiger partial charge < -0.3 is 19.3 Å². The second-order valence-corrected chi connectivity index (χ2v) is 12.2. The van der Waals surface area contributed by atoms with E-state index in [4.69, 9.17) is 14.2 Å². The Balaban J connectivity index is 0.000000188. The molecule has 0 spiro atoms. The molecule has 0 saturated carbocycles. The second kappa shape index (κ2) is 16.7. The summed E-state index contributed by atoms with van der Waals surface area (Å²) in [6, 6.07) is 20.5. The summed E-state index contributed by atoms with van der Waals surface area (Å²) in [5.41, 5.74) is 5.95. The van der Waals surface area contributed by atoms with Crippen molar-refractivity contribution < 1.29 is 32.9 Å². The Morgan fingerprint density at radius 1 is 0.646 bits per heavy atom. The summed E-state index contributed by atoms with van der Waals surface area (Å²) in [6.07, 6.45) is 4.75. The number of methoxy groups -OCH3 is 3. The van der Waals surface area contributed by atoms with Crippen molar-refractivity contribution in [2.75, 3.05) is 47.5 Å². The highest BCUT2D eigenvalue weighted by molar-refractivity contribution is 5.90. The zero-order valence-corrected chi connectivity index (χ0v) is 27.9. The lowest BCUT2D eigenvalue weighted by Gasteiger charge is -2.19. The molecule has 0 aliphatic carbocycles. The molecule has 0 aromatic heterocycles. The molecule has 254 valence electrons. The molecule has 0 bridgehead atoms. The van der Waals surface area contributed by atoms with Crippen LogP contribution in [0.3, 0.4) is 0 Å². The number of aliphatic hydroxyl groups is 1. The quantitative estimate of drug-likeness (QED) is 0.177. The number of halogens is 2. The van der Waals surface area contributed by atoms with E-state index < -0.39 is 0 Å². The highest BCUT2D eigenvalue weighted by atomic mass is 19.1. The number of nitrogens with zero attached hydrogens (tertiary/aromatic N) is 2. The van der Waals surface area contributed by atoms with Gasteiger partial charge in [-0.05, 0) is 128 Å². The van der Waals surface area contributed by atoms with E-state index in [1.54, 1.807) is 56.7 Å². The summed E-state index contributed by atoms with van der Waals surface area (Å²) >= 11 is 0. The minimum atomic E-state index is -0.389. The normalized spacial score (nSPS) is 14.8. The number of rotatable bonds is 10. The van der Waals surface area contributed by atoms with Gasteiger partial charge in [-0.15, -0.1) is 0 Å². The monoisotopic (exact) mass is 658 g/mol. The van der Waals surface area contributed by atoms with E-state index in [1.165, 1.54) is 44.9 Å². The maximum absolute atomic E-state index is 14.4. The number of likely N-dealkylation sites (tertiary alicyclic amines) is 2. The molecular weight excluding hydrogens is 614 g/mol. The summed E-state index contributed by atoms with van der Waals surface area (Å²) in [5.74, 6) is 0.278. The first-order chi connectivity index (χ1) is 23.3. The first kappa shape index (κ1) is 35.0. The lowest BCUT2D eigenvalue weighted by molar-refractivity contribution is 0.0600. The summed E-state index contributed by atoms with van der Waals surface area (Å²) in [6.45, 7) is 5.63. The maximum Gasteiger partial charge on any atom is 0.337 e. The van der Waals surface area contributed by atoms with Crippen molar-refractivity contribution in [1.82, 2.24) is 9.80 Å². The van der Waals surface area contributed by atoms with Gasteiger partial charge in [-0.1, -0.05) is 24.3 Å². The molecule has 0 atom stereocenters. The van der Waals surface area contributed by atoms with Crippen LogP contribution in [0.1, 0.15) is 52.7 Å². The third-order valence-electron chi connectivity index (χ3n) is 8.99. The first-order valence-electron chi connectivity index (χ1n) is 16.4. The molecule has 0 amide bonds. The van der Waals surface area contributed by atoms with Crippen LogP contribution in [0.15, 0.2) is 72.8 Å². The Morgan fingerprint density at radius 2 is 1.12 bits per heavy atom. The van der Waals surface area contributed by atoms with Gasteiger partial charge in [0.1, 0.15) is 23.1 Å². The average molecular weight is 659 g/mol. The highest BCUT2D eigenvalue weighted by Gasteiger charge is 2.20. The van der Waals surface area contributed by atoms with Crippen LogP contribution in [0, 0.1) is 11.6 Å². The summed E-state index contributed by atoms with van der Waals surface area (Å²) in [5, 5.41) is 9.41. The molecule has 2 saturated heterocycles. The largest absolute Gasteiger partial charge is 0.497 e. The lowest BCUT2D eigenvalue weighted by atomic mass is 9.96. The fourth-order valence-corrected chi connectivity index (χ4v) is 6.41. The zero-order chi connectivity index (χ0) is 34.0. The molecule has 0 unspecified atom stereocenters. The van der Waals surface area contributed by atoms with E-state index >= 15 is 0 Å². The number of carbonyl (C=O) groups is 1. The predicted molar refractivity (Wildman–Crippen MR) is 183 cm³/mol. The number of benzene rings is 4. The number of esters is 1. The van der Waals surface area contributed by atoms with E-state index in [-0.39, 0.29) is 24.2 Å².